The van der Waals surface area contributed by atoms with Gasteiger partial charge in [0.05, 0.1) is 11.9 Å². The van der Waals surface area contributed by atoms with Gasteiger partial charge in [0.25, 0.3) is 0 Å². The number of anilines is 1. The molecule has 2 N–H and O–H groups in total. The average molecular weight is 187 g/mol. The van der Waals surface area contributed by atoms with Gasteiger partial charge in [-0.2, -0.15) is 5.10 Å². The summed E-state index contributed by atoms with van der Waals surface area (Å²) in [6.07, 6.45) is 1.34. The number of aryl methyl sites for hydroxylation is 1. The molecule has 6 heteroatoms. The molecular formula is C7H10FN3O2. The van der Waals surface area contributed by atoms with Crippen molar-refractivity contribution >= 4 is 11.7 Å². The maximum absolute atomic E-state index is 11.7. The zero-order chi connectivity index (χ0) is 9.84. The maximum atomic E-state index is 11.7. The Morgan fingerprint density at radius 2 is 2.54 bits per heavy atom. The molecule has 0 aliphatic rings. The molecule has 1 aromatic heterocycles. The minimum atomic E-state index is -0.705. The third-order valence-corrected chi connectivity index (χ3v) is 1.47. The van der Waals surface area contributed by atoms with Gasteiger partial charge < -0.3 is 10.5 Å². The smallest absolute Gasteiger partial charge is 0.358 e. The van der Waals surface area contributed by atoms with E-state index in [2.05, 4.69) is 9.84 Å². The highest BCUT2D eigenvalue weighted by molar-refractivity contribution is 5.92. The molecule has 0 bridgehead atoms. The number of rotatable bonds is 3. The van der Waals surface area contributed by atoms with E-state index < -0.39 is 12.6 Å². The van der Waals surface area contributed by atoms with Crippen molar-refractivity contribution in [3.63, 3.8) is 0 Å². The summed E-state index contributed by atoms with van der Waals surface area (Å²) >= 11 is 0. The first-order valence-corrected chi connectivity index (χ1v) is 3.67. The minimum absolute atomic E-state index is 0.147. The van der Waals surface area contributed by atoms with Crippen LogP contribution in [0.2, 0.25) is 0 Å². The van der Waals surface area contributed by atoms with Gasteiger partial charge >= 0.3 is 5.97 Å². The van der Waals surface area contributed by atoms with E-state index in [0.717, 1.165) is 0 Å². The predicted octanol–water partition coefficient (Wildman–Crippen LogP) is 0.129. The van der Waals surface area contributed by atoms with Gasteiger partial charge in [-0.25, -0.2) is 9.18 Å². The largest absolute Gasteiger partial charge is 0.458 e. The number of alkyl halides is 1. The summed E-state index contributed by atoms with van der Waals surface area (Å²) in [5.74, 6) is -0.657. The molecule has 0 radical (unpaired) electrons. The summed E-state index contributed by atoms with van der Waals surface area (Å²) in [6.45, 7) is -0.965. The van der Waals surface area contributed by atoms with Crippen LogP contribution in [0.1, 0.15) is 10.5 Å². The molecule has 0 saturated heterocycles. The highest BCUT2D eigenvalue weighted by Gasteiger charge is 2.15. The van der Waals surface area contributed by atoms with Crippen molar-refractivity contribution in [3.8, 4) is 0 Å². The Labute approximate surface area is 74.3 Å². The van der Waals surface area contributed by atoms with Crippen LogP contribution < -0.4 is 5.73 Å². The fourth-order valence-electron chi connectivity index (χ4n) is 0.904. The monoisotopic (exact) mass is 187 g/mol. The van der Waals surface area contributed by atoms with Crippen LogP contribution in [-0.2, 0) is 11.8 Å². The summed E-state index contributed by atoms with van der Waals surface area (Å²) in [4.78, 5) is 11.2. The topological polar surface area (TPSA) is 70.1 Å². The molecule has 0 amide bonds. The molecule has 1 rings (SSSR count). The molecule has 72 valence electrons. The normalized spacial score (nSPS) is 10.0. The van der Waals surface area contributed by atoms with E-state index in [-0.39, 0.29) is 18.0 Å². The molecule has 1 aromatic rings. The lowest BCUT2D eigenvalue weighted by Crippen LogP contribution is -2.13. The first-order chi connectivity index (χ1) is 6.16. The zero-order valence-corrected chi connectivity index (χ0v) is 7.16. The first-order valence-electron chi connectivity index (χ1n) is 3.67. The van der Waals surface area contributed by atoms with E-state index in [1.54, 1.807) is 7.05 Å². The predicted molar refractivity (Wildman–Crippen MR) is 43.9 cm³/mol. The number of hydrogen-bond acceptors (Lipinski definition) is 4. The number of hydrogen-bond donors (Lipinski definition) is 1. The molecule has 5 nitrogen and oxygen atoms in total. The molecule has 0 spiro atoms. The maximum Gasteiger partial charge on any atom is 0.358 e. The van der Waals surface area contributed by atoms with Gasteiger partial charge in [-0.3, -0.25) is 4.68 Å². The summed E-state index contributed by atoms with van der Waals surface area (Å²) in [5.41, 5.74) is 5.81. The number of esters is 1. The lowest BCUT2D eigenvalue weighted by Gasteiger charge is -2.02. The number of ether oxygens (including phenoxy) is 1. The number of nitrogens with zero attached hydrogens (tertiary/aromatic N) is 2. The van der Waals surface area contributed by atoms with E-state index in [4.69, 9.17) is 5.73 Å². The fourth-order valence-corrected chi connectivity index (χ4v) is 0.904. The van der Waals surface area contributed by atoms with E-state index in [9.17, 15) is 9.18 Å². The van der Waals surface area contributed by atoms with Crippen molar-refractivity contribution in [1.82, 2.24) is 9.78 Å². The van der Waals surface area contributed by atoms with Gasteiger partial charge in [0.2, 0.25) is 0 Å². The van der Waals surface area contributed by atoms with Crippen LogP contribution in [0.15, 0.2) is 6.20 Å². The second-order valence-corrected chi connectivity index (χ2v) is 2.40. The Balaban J connectivity index is 2.76. The Kier molecular flexibility index (Phi) is 2.84. The van der Waals surface area contributed by atoms with Gasteiger partial charge in [-0.05, 0) is 0 Å². The Hall–Kier alpha value is -1.59. The van der Waals surface area contributed by atoms with E-state index in [1.165, 1.54) is 10.9 Å². The summed E-state index contributed by atoms with van der Waals surface area (Å²) < 4.78 is 17.5. The summed E-state index contributed by atoms with van der Waals surface area (Å²) in [5, 5.41) is 3.74. The molecule has 0 aromatic carbocycles. The van der Waals surface area contributed by atoms with Gasteiger partial charge in [0.1, 0.15) is 13.3 Å². The Morgan fingerprint density at radius 3 is 3.00 bits per heavy atom. The highest BCUT2D eigenvalue weighted by Crippen LogP contribution is 2.10. The van der Waals surface area contributed by atoms with Gasteiger partial charge in [-0.1, -0.05) is 0 Å². The van der Waals surface area contributed by atoms with Crippen molar-refractivity contribution in [2.24, 2.45) is 7.05 Å². The lowest BCUT2D eigenvalue weighted by molar-refractivity contribution is 0.0470. The number of nitrogens with two attached hydrogens (primary N) is 1. The molecular weight excluding hydrogens is 177 g/mol. The lowest BCUT2D eigenvalue weighted by atomic mass is 10.4. The number of aromatic nitrogens is 2. The van der Waals surface area contributed by atoms with Crippen LogP contribution in [0, 0.1) is 0 Å². The quantitative estimate of drug-likeness (QED) is 0.683. The van der Waals surface area contributed by atoms with Crippen LogP contribution in [0.25, 0.3) is 0 Å². The van der Waals surface area contributed by atoms with Crippen LogP contribution in [0.4, 0.5) is 10.1 Å². The molecule has 0 saturated carbocycles. The Morgan fingerprint density at radius 1 is 1.85 bits per heavy atom. The molecule has 0 atom stereocenters. The van der Waals surface area contributed by atoms with Crippen molar-refractivity contribution in [3.05, 3.63) is 11.9 Å². The molecule has 0 unspecified atom stereocenters. The molecule has 0 aliphatic heterocycles. The fraction of sp³-hybridized carbons (Fsp3) is 0.429. The first kappa shape index (κ1) is 9.50. The van der Waals surface area contributed by atoms with Gasteiger partial charge in [0, 0.05) is 7.05 Å². The number of halogens is 1. The van der Waals surface area contributed by atoms with E-state index in [1.807, 2.05) is 0 Å². The van der Waals surface area contributed by atoms with Crippen molar-refractivity contribution in [2.75, 3.05) is 19.0 Å². The molecule has 13 heavy (non-hydrogen) atoms. The summed E-state index contributed by atoms with van der Waals surface area (Å²) in [7, 11) is 1.56. The highest BCUT2D eigenvalue weighted by atomic mass is 19.1. The third-order valence-electron chi connectivity index (χ3n) is 1.47. The third kappa shape index (κ3) is 1.95. The summed E-state index contributed by atoms with van der Waals surface area (Å²) in [6, 6.07) is 0. The minimum Gasteiger partial charge on any atom is -0.458 e. The van der Waals surface area contributed by atoms with E-state index >= 15 is 0 Å². The van der Waals surface area contributed by atoms with Crippen molar-refractivity contribution in [2.45, 2.75) is 0 Å². The number of nitrogen functional groups attached to an aromatic ring is 1. The van der Waals surface area contributed by atoms with Crippen LogP contribution in [0.5, 0.6) is 0 Å². The van der Waals surface area contributed by atoms with Crippen molar-refractivity contribution < 1.29 is 13.9 Å². The van der Waals surface area contributed by atoms with Gasteiger partial charge in [-0.15, -0.1) is 0 Å². The SMILES string of the molecule is Cn1ncc(N)c1C(=O)OCCF. The Bertz CT molecular complexity index is 291. The molecule has 0 aliphatic carbocycles. The van der Waals surface area contributed by atoms with Crippen molar-refractivity contribution in [1.29, 1.82) is 0 Å². The second-order valence-electron chi connectivity index (χ2n) is 2.40. The standard InChI is InChI=1S/C7H10FN3O2/c1-11-6(5(9)4-10-11)7(12)13-3-2-8/h4H,2-3,9H2,1H3. The molecule has 0 fully saturated rings. The second kappa shape index (κ2) is 3.88. The van der Waals surface area contributed by atoms with Crippen LogP contribution >= 0.6 is 0 Å². The van der Waals surface area contributed by atoms with Gasteiger partial charge in [0.15, 0.2) is 5.69 Å². The van der Waals surface area contributed by atoms with E-state index in [0.29, 0.717) is 0 Å². The number of carbonyl (C=O) groups excluding carboxylic acids is 1. The van der Waals surface area contributed by atoms with Crippen LogP contribution in [-0.4, -0.2) is 29.0 Å². The molecule has 1 heterocycles. The average Bonchev–Trinajstić information content (AvgIpc) is 2.42. The number of carbonyl (C=O) groups is 1. The van der Waals surface area contributed by atoms with Crippen LogP contribution in [0.3, 0.4) is 0 Å². The zero-order valence-electron chi connectivity index (χ0n) is 7.16.